The lowest BCUT2D eigenvalue weighted by atomic mass is 9.99. The Hall–Kier alpha value is -1.33. The normalized spacial score (nSPS) is 18.3. The van der Waals surface area contributed by atoms with Crippen molar-refractivity contribution in [2.45, 2.75) is 26.7 Å². The van der Waals surface area contributed by atoms with Crippen LogP contribution in [0.2, 0.25) is 0 Å². The summed E-state index contributed by atoms with van der Waals surface area (Å²) in [5, 5.41) is 8.93. The Bertz CT molecular complexity index is 462. The molecule has 0 saturated carbocycles. The third kappa shape index (κ3) is 3.22. The summed E-state index contributed by atoms with van der Waals surface area (Å²) in [6.45, 7) is 9.77. The Kier molecular flexibility index (Phi) is 4.83. The number of β-amino-alcohol motifs (C(OH)–C–C–N with tert-alkyl or cyclic N) is 1. The molecular formula is C15H24N2O3. The van der Waals surface area contributed by atoms with E-state index in [1.165, 1.54) is 0 Å². The first-order valence-corrected chi connectivity index (χ1v) is 7.22. The molecule has 0 bridgehead atoms. The van der Waals surface area contributed by atoms with Crippen molar-refractivity contribution in [3.8, 4) is 0 Å². The molecule has 0 spiro atoms. The molecule has 1 fully saturated rings. The molecule has 1 aliphatic rings. The minimum Gasteiger partial charge on any atom is -0.466 e. The van der Waals surface area contributed by atoms with Gasteiger partial charge in [0.1, 0.15) is 11.5 Å². The van der Waals surface area contributed by atoms with E-state index < -0.39 is 0 Å². The highest BCUT2D eigenvalue weighted by Crippen LogP contribution is 2.25. The number of hydrogen-bond donors (Lipinski definition) is 1. The lowest BCUT2D eigenvalue weighted by molar-refractivity contribution is -0.134. The van der Waals surface area contributed by atoms with Crippen LogP contribution < -0.4 is 0 Å². The van der Waals surface area contributed by atoms with Gasteiger partial charge in [-0.05, 0) is 26.8 Å². The summed E-state index contributed by atoms with van der Waals surface area (Å²) in [5.74, 6) is 1.70. The van der Waals surface area contributed by atoms with Crippen LogP contribution in [0.5, 0.6) is 0 Å². The summed E-state index contributed by atoms with van der Waals surface area (Å²) in [4.78, 5) is 16.6. The summed E-state index contributed by atoms with van der Waals surface area (Å²) < 4.78 is 5.52. The van der Waals surface area contributed by atoms with E-state index in [1.54, 1.807) is 0 Å². The maximum absolute atomic E-state index is 12.5. The second-order valence-corrected chi connectivity index (χ2v) is 5.48. The van der Waals surface area contributed by atoms with Crippen molar-refractivity contribution in [2.75, 3.05) is 39.3 Å². The molecule has 1 aromatic heterocycles. The molecule has 1 amide bonds. The number of carbonyl (C=O) groups is 1. The van der Waals surface area contributed by atoms with E-state index >= 15 is 0 Å². The fraction of sp³-hybridized carbons (Fsp3) is 0.667. The van der Waals surface area contributed by atoms with Gasteiger partial charge in [-0.25, -0.2) is 0 Å². The predicted octanol–water partition coefficient (Wildman–Crippen LogP) is 1.14. The van der Waals surface area contributed by atoms with Crippen molar-refractivity contribution in [3.63, 3.8) is 0 Å². The van der Waals surface area contributed by atoms with E-state index in [0.29, 0.717) is 6.54 Å². The highest BCUT2D eigenvalue weighted by Gasteiger charge is 2.27. The number of aryl methyl sites for hydroxylation is 2. The second-order valence-electron chi connectivity index (χ2n) is 5.48. The quantitative estimate of drug-likeness (QED) is 0.898. The molecule has 1 N–H and O–H groups in total. The zero-order chi connectivity index (χ0) is 14.7. The predicted molar refractivity (Wildman–Crippen MR) is 76.7 cm³/mol. The summed E-state index contributed by atoms with van der Waals surface area (Å²) in [6.07, 6.45) is 0. The number of aliphatic hydroxyl groups excluding tert-OH is 1. The first-order chi connectivity index (χ1) is 9.52. The molecule has 1 atom stereocenters. The number of nitrogens with zero attached hydrogens (tertiary/aromatic N) is 2. The van der Waals surface area contributed by atoms with Crippen LogP contribution in [0.3, 0.4) is 0 Å². The molecular weight excluding hydrogens is 256 g/mol. The fourth-order valence-corrected chi connectivity index (χ4v) is 2.82. The summed E-state index contributed by atoms with van der Waals surface area (Å²) >= 11 is 0. The van der Waals surface area contributed by atoms with Crippen LogP contribution in [0.15, 0.2) is 10.5 Å². The fourth-order valence-electron chi connectivity index (χ4n) is 2.82. The van der Waals surface area contributed by atoms with Crippen LogP contribution in [-0.2, 0) is 4.79 Å². The number of carbonyl (C=O) groups excluding carboxylic acids is 1. The maximum Gasteiger partial charge on any atom is 0.230 e. The highest BCUT2D eigenvalue weighted by molar-refractivity contribution is 5.83. The van der Waals surface area contributed by atoms with Gasteiger partial charge in [0.2, 0.25) is 5.91 Å². The Balaban J connectivity index is 1.96. The molecule has 1 aromatic rings. The van der Waals surface area contributed by atoms with Gasteiger partial charge in [-0.3, -0.25) is 9.69 Å². The van der Waals surface area contributed by atoms with Crippen LogP contribution in [0, 0.1) is 13.8 Å². The number of amides is 1. The van der Waals surface area contributed by atoms with Crippen molar-refractivity contribution in [1.29, 1.82) is 0 Å². The number of furan rings is 1. The zero-order valence-corrected chi connectivity index (χ0v) is 12.6. The van der Waals surface area contributed by atoms with Gasteiger partial charge >= 0.3 is 0 Å². The minimum atomic E-state index is -0.156. The standard InChI is InChI=1S/C15H24N2O3/c1-11-10-14(13(3)20-11)12(2)15(19)17-6-4-16(5-7-17)8-9-18/h10,12,18H,4-9H2,1-3H3. The van der Waals surface area contributed by atoms with Crippen LogP contribution >= 0.6 is 0 Å². The molecule has 20 heavy (non-hydrogen) atoms. The minimum absolute atomic E-state index is 0.156. The Morgan fingerprint density at radius 2 is 2.00 bits per heavy atom. The average Bonchev–Trinajstić information content (AvgIpc) is 2.77. The van der Waals surface area contributed by atoms with E-state index in [-0.39, 0.29) is 18.4 Å². The monoisotopic (exact) mass is 280 g/mol. The molecule has 1 aliphatic heterocycles. The van der Waals surface area contributed by atoms with E-state index in [1.807, 2.05) is 31.7 Å². The molecule has 0 aliphatic carbocycles. The van der Waals surface area contributed by atoms with Gasteiger partial charge in [-0.15, -0.1) is 0 Å². The average molecular weight is 280 g/mol. The zero-order valence-electron chi connectivity index (χ0n) is 12.6. The van der Waals surface area contributed by atoms with E-state index in [0.717, 1.165) is 43.3 Å². The number of aliphatic hydroxyl groups is 1. The molecule has 1 unspecified atom stereocenters. The lowest BCUT2D eigenvalue weighted by Crippen LogP contribution is -2.50. The largest absolute Gasteiger partial charge is 0.466 e. The van der Waals surface area contributed by atoms with E-state index in [4.69, 9.17) is 9.52 Å². The molecule has 5 heteroatoms. The topological polar surface area (TPSA) is 56.9 Å². The third-order valence-corrected chi connectivity index (χ3v) is 4.02. The number of rotatable bonds is 4. The van der Waals surface area contributed by atoms with Gasteiger partial charge in [-0.2, -0.15) is 0 Å². The van der Waals surface area contributed by atoms with Gasteiger partial charge in [0.15, 0.2) is 0 Å². The van der Waals surface area contributed by atoms with Gasteiger partial charge in [0, 0.05) is 38.3 Å². The number of hydrogen-bond acceptors (Lipinski definition) is 4. The van der Waals surface area contributed by atoms with Crippen molar-refractivity contribution < 1.29 is 14.3 Å². The van der Waals surface area contributed by atoms with Crippen molar-refractivity contribution in [1.82, 2.24) is 9.80 Å². The summed E-state index contributed by atoms with van der Waals surface area (Å²) in [5.41, 5.74) is 0.991. The molecule has 2 heterocycles. The van der Waals surface area contributed by atoms with Gasteiger partial charge in [0.25, 0.3) is 0 Å². The van der Waals surface area contributed by atoms with Crippen LogP contribution in [0.4, 0.5) is 0 Å². The van der Waals surface area contributed by atoms with Crippen molar-refractivity contribution >= 4 is 5.91 Å². The van der Waals surface area contributed by atoms with E-state index in [9.17, 15) is 4.79 Å². The van der Waals surface area contributed by atoms with Gasteiger partial charge < -0.3 is 14.4 Å². The van der Waals surface area contributed by atoms with Crippen LogP contribution in [0.25, 0.3) is 0 Å². The molecule has 2 rings (SSSR count). The highest BCUT2D eigenvalue weighted by atomic mass is 16.3. The van der Waals surface area contributed by atoms with Gasteiger partial charge in [0.05, 0.1) is 12.5 Å². The lowest BCUT2D eigenvalue weighted by Gasteiger charge is -2.35. The van der Waals surface area contributed by atoms with Crippen molar-refractivity contribution in [3.05, 3.63) is 23.2 Å². The second kappa shape index (κ2) is 6.41. The smallest absolute Gasteiger partial charge is 0.230 e. The molecule has 0 aromatic carbocycles. The Morgan fingerprint density at radius 3 is 2.50 bits per heavy atom. The van der Waals surface area contributed by atoms with E-state index in [2.05, 4.69) is 4.90 Å². The maximum atomic E-state index is 12.5. The first kappa shape index (κ1) is 15.1. The molecule has 1 saturated heterocycles. The number of piperazine rings is 1. The Morgan fingerprint density at radius 1 is 1.35 bits per heavy atom. The third-order valence-electron chi connectivity index (χ3n) is 4.02. The van der Waals surface area contributed by atoms with Crippen molar-refractivity contribution in [2.24, 2.45) is 0 Å². The van der Waals surface area contributed by atoms with Crippen LogP contribution in [0.1, 0.15) is 29.9 Å². The summed E-state index contributed by atoms with van der Waals surface area (Å²) in [7, 11) is 0. The van der Waals surface area contributed by atoms with Gasteiger partial charge in [-0.1, -0.05) is 0 Å². The molecule has 112 valence electrons. The molecule has 5 nitrogen and oxygen atoms in total. The SMILES string of the molecule is Cc1cc(C(C)C(=O)N2CCN(CCO)CC2)c(C)o1. The summed E-state index contributed by atoms with van der Waals surface area (Å²) in [6, 6.07) is 1.96. The molecule has 0 radical (unpaired) electrons. The first-order valence-electron chi connectivity index (χ1n) is 7.22. The Labute approximate surface area is 120 Å². The van der Waals surface area contributed by atoms with Crippen LogP contribution in [-0.4, -0.2) is 60.1 Å².